The molecule has 0 spiro atoms. The smallest absolute Gasteiger partial charge is 0.424 e. The molecule has 0 radical (unpaired) electrons. The Morgan fingerprint density at radius 1 is 1.00 bits per heavy atom. The Morgan fingerprint density at radius 2 is 1.67 bits per heavy atom. The van der Waals surface area contributed by atoms with Crippen LogP contribution in [-0.2, 0) is 4.84 Å². The lowest BCUT2D eigenvalue weighted by atomic mass is 10.3. The molecule has 0 atom stereocenters. The van der Waals surface area contributed by atoms with Crippen LogP contribution in [0.3, 0.4) is 0 Å². The number of nitrogens with one attached hydrogen (secondary N) is 1. The van der Waals surface area contributed by atoms with Crippen LogP contribution in [0, 0.1) is 0 Å². The molecule has 3 nitrogen and oxygen atoms in total. The third-order valence-electron chi connectivity index (χ3n) is 1.75. The highest BCUT2D eigenvalue weighted by Gasteiger charge is 2.63. The minimum absolute atomic E-state index is 0.0886. The Kier molecular flexibility index (Phi) is 2.00. The first-order valence-electron chi connectivity index (χ1n) is 3.90. The highest BCUT2D eigenvalue weighted by Crippen LogP contribution is 2.42. The fourth-order valence-corrected chi connectivity index (χ4v) is 1.02. The molecule has 82 valence electrons. The van der Waals surface area contributed by atoms with Gasteiger partial charge in [-0.15, -0.1) is 0 Å². The van der Waals surface area contributed by atoms with Crippen molar-refractivity contribution >= 4 is 5.69 Å². The zero-order valence-corrected chi connectivity index (χ0v) is 7.14. The molecule has 1 aliphatic heterocycles. The largest absolute Gasteiger partial charge is 0.496 e. The van der Waals surface area contributed by atoms with Gasteiger partial charge in [0.1, 0.15) is 5.69 Å². The van der Waals surface area contributed by atoms with E-state index in [1.807, 2.05) is 0 Å². The Hall–Kier alpha value is -1.50. The number of benzene rings is 1. The van der Waals surface area contributed by atoms with Crippen molar-refractivity contribution in [1.29, 1.82) is 0 Å². The molecule has 1 N–H and O–H groups in total. The quantitative estimate of drug-likeness (QED) is 0.685. The Labute approximate surface area is 81.5 Å². The van der Waals surface area contributed by atoms with Crippen LogP contribution >= 0.6 is 0 Å². The average molecular weight is 223 g/mol. The van der Waals surface area contributed by atoms with Crippen molar-refractivity contribution < 1.29 is 27.1 Å². The fourth-order valence-electron chi connectivity index (χ4n) is 1.02. The molecule has 0 saturated heterocycles. The van der Waals surface area contributed by atoms with Gasteiger partial charge in [-0.1, -0.05) is 12.1 Å². The van der Waals surface area contributed by atoms with Gasteiger partial charge in [-0.25, -0.2) is 0 Å². The van der Waals surface area contributed by atoms with E-state index in [-0.39, 0.29) is 5.69 Å². The molecular formula is C8H5F4NO2. The van der Waals surface area contributed by atoms with Gasteiger partial charge in [0.15, 0.2) is 5.75 Å². The van der Waals surface area contributed by atoms with E-state index in [2.05, 4.69) is 9.57 Å². The molecule has 1 aliphatic rings. The van der Waals surface area contributed by atoms with Gasteiger partial charge >= 0.3 is 12.2 Å². The predicted molar refractivity (Wildman–Crippen MR) is 41.7 cm³/mol. The van der Waals surface area contributed by atoms with Gasteiger partial charge in [-0.2, -0.15) is 22.4 Å². The summed E-state index contributed by atoms with van der Waals surface area (Å²) in [6.07, 6.45) is -9.45. The van der Waals surface area contributed by atoms with Crippen molar-refractivity contribution in [2.75, 3.05) is 5.48 Å². The number of rotatable bonds is 0. The maximum atomic E-state index is 12.8. The summed E-state index contributed by atoms with van der Waals surface area (Å²) in [4.78, 5) is 3.57. The topological polar surface area (TPSA) is 30.5 Å². The van der Waals surface area contributed by atoms with E-state index in [0.717, 1.165) is 6.07 Å². The van der Waals surface area contributed by atoms with Crippen LogP contribution in [0.4, 0.5) is 23.2 Å². The van der Waals surface area contributed by atoms with E-state index in [0.29, 0.717) is 0 Å². The van der Waals surface area contributed by atoms with E-state index in [4.69, 9.17) is 0 Å². The summed E-state index contributed by atoms with van der Waals surface area (Å²) in [6, 6.07) is 5.23. The summed E-state index contributed by atoms with van der Waals surface area (Å²) in [5.41, 5.74) is 1.63. The first kappa shape index (κ1) is 10.0. The Bertz CT molecular complexity index is 383. The second-order valence-corrected chi connectivity index (χ2v) is 2.84. The molecule has 0 unspecified atom stereocenters. The number of hydrogen-bond donors (Lipinski definition) is 1. The Morgan fingerprint density at radius 3 is 2.40 bits per heavy atom. The minimum Gasteiger partial charge on any atom is -0.424 e. The van der Waals surface area contributed by atoms with Crippen molar-refractivity contribution in [3.05, 3.63) is 24.3 Å². The molecule has 1 heterocycles. The van der Waals surface area contributed by atoms with Gasteiger partial charge in [0.2, 0.25) is 0 Å². The molecule has 0 aromatic heterocycles. The monoisotopic (exact) mass is 223 g/mol. The Balaban J connectivity index is 2.42. The van der Waals surface area contributed by atoms with E-state index in [1.54, 1.807) is 5.48 Å². The van der Waals surface area contributed by atoms with Gasteiger partial charge in [0, 0.05) is 0 Å². The zero-order valence-electron chi connectivity index (χ0n) is 7.14. The molecule has 0 amide bonds. The molecule has 1 aromatic rings. The number of halogens is 4. The van der Waals surface area contributed by atoms with Gasteiger partial charge in [0.05, 0.1) is 0 Å². The minimum atomic E-state index is -4.73. The molecule has 7 heteroatoms. The summed E-state index contributed by atoms with van der Waals surface area (Å²) in [5, 5.41) is 0. The van der Waals surface area contributed by atoms with Crippen molar-refractivity contribution in [2.45, 2.75) is 12.2 Å². The number of hydrogen-bond acceptors (Lipinski definition) is 3. The third-order valence-corrected chi connectivity index (χ3v) is 1.75. The average Bonchev–Trinajstić information content (AvgIpc) is 2.23. The zero-order chi connectivity index (χ0) is 11.1. The second-order valence-electron chi connectivity index (χ2n) is 2.84. The number of ether oxygens (including phenoxy) is 1. The molecule has 0 saturated carbocycles. The normalized spacial score (nSPS) is 21.9. The summed E-state index contributed by atoms with van der Waals surface area (Å²) >= 11 is 0. The first-order chi connectivity index (χ1) is 6.92. The van der Waals surface area contributed by atoms with Crippen LogP contribution in [0.25, 0.3) is 0 Å². The lowest BCUT2D eigenvalue weighted by molar-refractivity contribution is -0.396. The van der Waals surface area contributed by atoms with E-state index < -0.39 is 18.0 Å². The highest BCUT2D eigenvalue weighted by molar-refractivity contribution is 5.55. The van der Waals surface area contributed by atoms with Gasteiger partial charge in [-0.05, 0) is 12.1 Å². The predicted octanol–water partition coefficient (Wildman–Crippen LogP) is 2.61. The van der Waals surface area contributed by atoms with Crippen LogP contribution in [-0.4, -0.2) is 12.2 Å². The number of anilines is 1. The first-order valence-corrected chi connectivity index (χ1v) is 3.90. The summed E-state index contributed by atoms with van der Waals surface area (Å²) < 4.78 is 54.8. The molecule has 15 heavy (non-hydrogen) atoms. The van der Waals surface area contributed by atoms with Crippen LogP contribution in [0.15, 0.2) is 24.3 Å². The van der Waals surface area contributed by atoms with Gasteiger partial charge < -0.3 is 4.74 Å². The molecule has 0 aliphatic carbocycles. The number of alkyl halides is 4. The summed E-state index contributed by atoms with van der Waals surface area (Å²) in [5.74, 6) is -0.403. The molecule has 0 bridgehead atoms. The van der Waals surface area contributed by atoms with Crippen molar-refractivity contribution in [3.63, 3.8) is 0 Å². The lowest BCUT2D eigenvalue weighted by Gasteiger charge is -2.21. The standard InChI is InChI=1S/C8H5F4NO2/c9-7(10)8(11,12)15-13-5-3-1-2-4-6(5)14-7/h1-4,13H. The summed E-state index contributed by atoms with van der Waals surface area (Å²) in [6.45, 7) is 0. The van der Waals surface area contributed by atoms with Crippen molar-refractivity contribution in [1.82, 2.24) is 0 Å². The third kappa shape index (κ3) is 1.58. The van der Waals surface area contributed by atoms with Crippen LogP contribution in [0.2, 0.25) is 0 Å². The SMILES string of the molecule is FC1(F)ONc2ccccc2OC1(F)F. The maximum Gasteiger partial charge on any atom is 0.496 e. The molecule has 2 rings (SSSR count). The van der Waals surface area contributed by atoms with Gasteiger partial charge in [-0.3, -0.25) is 5.48 Å². The second kappa shape index (κ2) is 2.99. The highest BCUT2D eigenvalue weighted by atomic mass is 19.3. The lowest BCUT2D eigenvalue weighted by Crippen LogP contribution is -2.46. The number of para-hydroxylation sites is 2. The van der Waals surface area contributed by atoms with E-state index >= 15 is 0 Å². The molecule has 1 aromatic carbocycles. The van der Waals surface area contributed by atoms with Crippen molar-refractivity contribution in [2.24, 2.45) is 0 Å². The van der Waals surface area contributed by atoms with Crippen LogP contribution in [0.1, 0.15) is 0 Å². The van der Waals surface area contributed by atoms with Crippen LogP contribution in [0.5, 0.6) is 5.75 Å². The van der Waals surface area contributed by atoms with E-state index in [1.165, 1.54) is 18.2 Å². The summed E-state index contributed by atoms with van der Waals surface area (Å²) in [7, 11) is 0. The van der Waals surface area contributed by atoms with E-state index in [9.17, 15) is 17.6 Å². The molecule has 0 fully saturated rings. The maximum absolute atomic E-state index is 12.8. The van der Waals surface area contributed by atoms with Gasteiger partial charge in [0.25, 0.3) is 0 Å². The van der Waals surface area contributed by atoms with Crippen molar-refractivity contribution in [3.8, 4) is 5.75 Å². The molecular weight excluding hydrogens is 218 g/mol. The fraction of sp³-hybridized carbons (Fsp3) is 0.250. The number of fused-ring (bicyclic) bond motifs is 1. The van der Waals surface area contributed by atoms with Crippen LogP contribution < -0.4 is 10.2 Å².